The molecule has 1 aliphatic heterocycles. The summed E-state index contributed by atoms with van der Waals surface area (Å²) >= 11 is 0. The van der Waals surface area contributed by atoms with Gasteiger partial charge in [0.05, 0.1) is 6.67 Å². The zero-order valence-corrected chi connectivity index (χ0v) is 18.6. The van der Waals surface area contributed by atoms with Gasteiger partial charge in [0, 0.05) is 6.54 Å². The highest BCUT2D eigenvalue weighted by atomic mass is 16.2. The first-order valence-corrected chi connectivity index (χ1v) is 10.7. The molecule has 1 aliphatic rings. The molecule has 3 amide bonds. The number of nitrogens with zero attached hydrogens (tertiary/aromatic N) is 2. The number of rotatable bonds is 6. The van der Waals surface area contributed by atoms with Gasteiger partial charge in [-0.05, 0) is 47.4 Å². The minimum absolute atomic E-state index is 0.226. The lowest BCUT2D eigenvalue weighted by Crippen LogP contribution is -2.43. The number of benzene rings is 3. The van der Waals surface area contributed by atoms with Crippen LogP contribution in [-0.4, -0.2) is 35.5 Å². The highest BCUT2D eigenvalue weighted by Crippen LogP contribution is 2.33. The summed E-state index contributed by atoms with van der Waals surface area (Å²) in [5.41, 5.74) is 2.18. The molecule has 1 heterocycles. The van der Waals surface area contributed by atoms with Crippen molar-refractivity contribution in [2.75, 3.05) is 13.7 Å². The number of carbonyl (C=O) groups is 2. The molecule has 31 heavy (non-hydrogen) atoms. The Kier molecular flexibility index (Phi) is 5.54. The lowest BCUT2D eigenvalue weighted by molar-refractivity contribution is -0.132. The Bertz CT molecular complexity index is 1120. The number of fused-ring (bicyclic) bond motifs is 1. The van der Waals surface area contributed by atoms with Crippen molar-refractivity contribution >= 4 is 22.7 Å². The van der Waals surface area contributed by atoms with Crippen LogP contribution in [0.15, 0.2) is 66.7 Å². The van der Waals surface area contributed by atoms with Gasteiger partial charge in [0.15, 0.2) is 0 Å². The van der Waals surface area contributed by atoms with Crippen molar-refractivity contribution in [3.8, 4) is 0 Å². The van der Waals surface area contributed by atoms with Crippen LogP contribution in [0.2, 0.25) is 0 Å². The zero-order valence-electron chi connectivity index (χ0n) is 18.6. The molecular weight excluding hydrogens is 386 g/mol. The van der Waals surface area contributed by atoms with Gasteiger partial charge >= 0.3 is 6.03 Å². The highest BCUT2D eigenvalue weighted by molar-refractivity contribution is 6.09. The molecule has 5 nitrogen and oxygen atoms in total. The molecule has 1 atom stereocenters. The summed E-state index contributed by atoms with van der Waals surface area (Å²) in [5, 5.41) is 4.96. The Balaban J connectivity index is 1.52. The van der Waals surface area contributed by atoms with Crippen molar-refractivity contribution in [1.82, 2.24) is 15.1 Å². The average molecular weight is 416 g/mol. The molecule has 3 aromatic carbocycles. The Hall–Kier alpha value is -3.18. The molecule has 1 fully saturated rings. The SMILES string of the molecule is CC(C)c1ccc(CN(C)CN2C(=O)N[C@](C)(c3cccc4ccccc34)C2=O)cc1. The van der Waals surface area contributed by atoms with Crippen LogP contribution in [0.1, 0.15) is 43.4 Å². The number of hydrogen-bond acceptors (Lipinski definition) is 3. The maximum absolute atomic E-state index is 13.4. The summed E-state index contributed by atoms with van der Waals surface area (Å²) in [4.78, 5) is 29.5. The average Bonchev–Trinajstić information content (AvgIpc) is 2.97. The predicted octanol–water partition coefficient (Wildman–Crippen LogP) is 4.82. The third-order valence-corrected chi connectivity index (χ3v) is 6.08. The molecule has 0 saturated carbocycles. The Morgan fingerprint density at radius 3 is 2.35 bits per heavy atom. The maximum atomic E-state index is 13.4. The van der Waals surface area contributed by atoms with E-state index in [0.29, 0.717) is 12.5 Å². The van der Waals surface area contributed by atoms with Crippen molar-refractivity contribution < 1.29 is 9.59 Å². The first-order valence-electron chi connectivity index (χ1n) is 10.7. The minimum atomic E-state index is -1.09. The molecule has 0 aliphatic carbocycles. The van der Waals surface area contributed by atoms with Gasteiger partial charge in [0.25, 0.3) is 5.91 Å². The van der Waals surface area contributed by atoms with E-state index in [1.54, 1.807) is 6.92 Å². The number of urea groups is 1. The van der Waals surface area contributed by atoms with Crippen LogP contribution in [-0.2, 0) is 16.9 Å². The van der Waals surface area contributed by atoms with Crippen LogP contribution in [0.3, 0.4) is 0 Å². The highest BCUT2D eigenvalue weighted by Gasteiger charge is 2.49. The lowest BCUT2D eigenvalue weighted by atomic mass is 9.88. The molecule has 1 saturated heterocycles. The summed E-state index contributed by atoms with van der Waals surface area (Å²) in [6.45, 7) is 7.02. The Morgan fingerprint density at radius 2 is 1.65 bits per heavy atom. The first kappa shape index (κ1) is 21.1. The van der Waals surface area contributed by atoms with Gasteiger partial charge in [-0.25, -0.2) is 9.69 Å². The monoisotopic (exact) mass is 415 g/mol. The van der Waals surface area contributed by atoms with E-state index in [2.05, 4.69) is 43.4 Å². The molecule has 0 spiro atoms. The Morgan fingerprint density at radius 1 is 0.968 bits per heavy atom. The summed E-state index contributed by atoms with van der Waals surface area (Å²) < 4.78 is 0. The first-order chi connectivity index (χ1) is 14.8. The summed E-state index contributed by atoms with van der Waals surface area (Å²) in [6.07, 6.45) is 0. The second-order valence-electron chi connectivity index (χ2n) is 8.87. The standard InChI is InChI=1S/C26H29N3O2/c1-18(2)20-14-12-19(13-15-20)16-28(4)17-29-24(30)26(3,27-25(29)31)23-11-7-9-21-8-5-6-10-22(21)23/h5-15,18H,16-17H2,1-4H3,(H,27,31)/t26-/m1/s1. The fraction of sp³-hybridized carbons (Fsp3) is 0.308. The smallest absolute Gasteiger partial charge is 0.319 e. The van der Waals surface area contributed by atoms with Gasteiger partial charge in [0.2, 0.25) is 0 Å². The van der Waals surface area contributed by atoms with Gasteiger partial charge in [-0.3, -0.25) is 9.69 Å². The number of imide groups is 1. The van der Waals surface area contributed by atoms with Crippen molar-refractivity contribution in [3.63, 3.8) is 0 Å². The quantitative estimate of drug-likeness (QED) is 0.587. The summed E-state index contributed by atoms with van der Waals surface area (Å²) in [7, 11) is 1.92. The van der Waals surface area contributed by atoms with Crippen LogP contribution in [0.25, 0.3) is 10.8 Å². The van der Waals surface area contributed by atoms with Gasteiger partial charge in [-0.2, -0.15) is 0 Å². The van der Waals surface area contributed by atoms with Crippen molar-refractivity contribution in [3.05, 3.63) is 83.4 Å². The van der Waals surface area contributed by atoms with Crippen LogP contribution in [0, 0.1) is 0 Å². The zero-order chi connectivity index (χ0) is 22.2. The van der Waals surface area contributed by atoms with E-state index in [1.165, 1.54) is 10.5 Å². The van der Waals surface area contributed by atoms with Crippen molar-refractivity contribution in [1.29, 1.82) is 0 Å². The van der Waals surface area contributed by atoms with Gasteiger partial charge in [0.1, 0.15) is 5.54 Å². The van der Waals surface area contributed by atoms with E-state index in [1.807, 2.05) is 54.4 Å². The molecule has 0 bridgehead atoms. The topological polar surface area (TPSA) is 52.6 Å². The maximum Gasteiger partial charge on any atom is 0.326 e. The largest absolute Gasteiger partial charge is 0.326 e. The van der Waals surface area contributed by atoms with Crippen LogP contribution in [0.4, 0.5) is 4.79 Å². The van der Waals surface area contributed by atoms with Gasteiger partial charge in [-0.15, -0.1) is 0 Å². The fourth-order valence-electron chi connectivity index (χ4n) is 4.28. The normalized spacial score (nSPS) is 19.0. The Labute approximate surface area is 183 Å². The van der Waals surface area contributed by atoms with Gasteiger partial charge in [-0.1, -0.05) is 80.6 Å². The molecule has 3 aromatic rings. The fourth-order valence-corrected chi connectivity index (χ4v) is 4.28. The molecule has 4 rings (SSSR count). The van der Waals surface area contributed by atoms with Crippen molar-refractivity contribution in [2.24, 2.45) is 0 Å². The third kappa shape index (κ3) is 3.93. The third-order valence-electron chi connectivity index (χ3n) is 6.08. The van der Waals surface area contributed by atoms with E-state index in [-0.39, 0.29) is 18.6 Å². The second kappa shape index (κ2) is 8.16. The molecule has 0 unspecified atom stereocenters. The van der Waals surface area contributed by atoms with E-state index >= 15 is 0 Å². The van der Waals surface area contributed by atoms with E-state index < -0.39 is 5.54 Å². The number of nitrogens with one attached hydrogen (secondary N) is 1. The lowest BCUT2D eigenvalue weighted by Gasteiger charge is -2.26. The molecule has 0 aromatic heterocycles. The summed E-state index contributed by atoms with van der Waals surface area (Å²) in [5.74, 6) is 0.264. The molecule has 5 heteroatoms. The van der Waals surface area contributed by atoms with Crippen LogP contribution in [0.5, 0.6) is 0 Å². The number of amides is 3. The molecular formula is C26H29N3O2. The van der Waals surface area contributed by atoms with Crippen LogP contribution < -0.4 is 5.32 Å². The number of hydrogen-bond donors (Lipinski definition) is 1. The summed E-state index contributed by atoms with van der Waals surface area (Å²) in [6, 6.07) is 21.9. The molecule has 1 N–H and O–H groups in total. The van der Waals surface area contributed by atoms with E-state index in [9.17, 15) is 9.59 Å². The molecule has 0 radical (unpaired) electrons. The molecule has 160 valence electrons. The number of carbonyl (C=O) groups excluding carboxylic acids is 2. The van der Waals surface area contributed by atoms with Crippen molar-refractivity contribution in [2.45, 2.75) is 38.8 Å². The predicted molar refractivity (Wildman–Crippen MR) is 124 cm³/mol. The second-order valence-corrected chi connectivity index (χ2v) is 8.87. The van der Waals surface area contributed by atoms with E-state index in [0.717, 1.165) is 21.9 Å². The van der Waals surface area contributed by atoms with E-state index in [4.69, 9.17) is 0 Å². The van der Waals surface area contributed by atoms with Gasteiger partial charge < -0.3 is 5.32 Å². The minimum Gasteiger partial charge on any atom is -0.319 e. The van der Waals surface area contributed by atoms with Crippen LogP contribution >= 0.6 is 0 Å².